The molecule has 0 aliphatic rings. The highest BCUT2D eigenvalue weighted by molar-refractivity contribution is 5.80. The minimum atomic E-state index is 0.952. The molecule has 0 N–H and O–H groups in total. The maximum absolute atomic E-state index is 5.47. The Morgan fingerprint density at radius 3 is 2.86 bits per heavy atom. The molecule has 0 bridgehead atoms. The quantitative estimate of drug-likeness (QED) is 0.738. The first-order valence-corrected chi connectivity index (χ1v) is 4.95. The molecule has 2 aromatic rings. The third-order valence-electron chi connectivity index (χ3n) is 2.54. The van der Waals surface area contributed by atoms with Crippen LogP contribution in [-0.2, 0) is 6.54 Å². The van der Waals surface area contributed by atoms with Gasteiger partial charge in [0.25, 0.3) is 0 Å². The van der Waals surface area contributed by atoms with Crippen molar-refractivity contribution in [3.05, 3.63) is 36.1 Å². The van der Waals surface area contributed by atoms with Crippen LogP contribution in [0.5, 0.6) is 0 Å². The molecule has 0 saturated heterocycles. The summed E-state index contributed by atoms with van der Waals surface area (Å²) in [5, 5.41) is 1.23. The molecule has 0 radical (unpaired) electrons. The fourth-order valence-corrected chi connectivity index (χ4v) is 1.56. The largest absolute Gasteiger partial charge is 0.464 e. The molecular weight excluding hydrogens is 174 g/mol. The van der Waals surface area contributed by atoms with Gasteiger partial charge in [-0.3, -0.25) is 0 Å². The Bertz CT molecular complexity index is 419. The Morgan fingerprint density at radius 2 is 2.07 bits per heavy atom. The lowest BCUT2D eigenvalue weighted by atomic mass is 10.2. The van der Waals surface area contributed by atoms with Gasteiger partial charge in [-0.2, -0.15) is 0 Å². The lowest BCUT2D eigenvalue weighted by Gasteiger charge is -2.11. The van der Waals surface area contributed by atoms with Gasteiger partial charge in [-0.15, -0.1) is 0 Å². The average molecular weight is 189 g/mol. The molecule has 0 amide bonds. The highest BCUT2D eigenvalue weighted by atomic mass is 16.3. The fraction of sp³-hybridized carbons (Fsp3) is 0.333. The van der Waals surface area contributed by atoms with Crippen LogP contribution in [0.1, 0.15) is 12.5 Å². The number of benzene rings is 1. The molecular formula is C12H15NO. The van der Waals surface area contributed by atoms with E-state index in [-0.39, 0.29) is 0 Å². The van der Waals surface area contributed by atoms with Crippen LogP contribution in [0.25, 0.3) is 11.0 Å². The van der Waals surface area contributed by atoms with E-state index in [1.54, 1.807) is 0 Å². The SMILES string of the molecule is CCN(C)Cc1coc2ccccc12. The van der Waals surface area contributed by atoms with Gasteiger partial charge < -0.3 is 9.32 Å². The Kier molecular flexibility index (Phi) is 2.55. The predicted molar refractivity (Wildman–Crippen MR) is 58.2 cm³/mol. The molecule has 14 heavy (non-hydrogen) atoms. The molecule has 0 spiro atoms. The summed E-state index contributed by atoms with van der Waals surface area (Å²) < 4.78 is 5.47. The van der Waals surface area contributed by atoms with E-state index in [9.17, 15) is 0 Å². The summed E-state index contributed by atoms with van der Waals surface area (Å²) in [7, 11) is 2.11. The number of furan rings is 1. The van der Waals surface area contributed by atoms with Crippen LogP contribution in [-0.4, -0.2) is 18.5 Å². The number of fused-ring (bicyclic) bond motifs is 1. The number of hydrogen-bond acceptors (Lipinski definition) is 2. The highest BCUT2D eigenvalue weighted by Crippen LogP contribution is 2.21. The van der Waals surface area contributed by atoms with Crippen molar-refractivity contribution in [2.45, 2.75) is 13.5 Å². The van der Waals surface area contributed by atoms with Crippen LogP contribution in [0.3, 0.4) is 0 Å². The van der Waals surface area contributed by atoms with Crippen LogP contribution >= 0.6 is 0 Å². The lowest BCUT2D eigenvalue weighted by Crippen LogP contribution is -2.16. The number of rotatable bonds is 3. The summed E-state index contributed by atoms with van der Waals surface area (Å²) in [6.07, 6.45) is 1.86. The molecule has 74 valence electrons. The molecule has 1 heterocycles. The maximum atomic E-state index is 5.47. The summed E-state index contributed by atoms with van der Waals surface area (Å²) in [5.74, 6) is 0. The number of hydrogen-bond donors (Lipinski definition) is 0. The van der Waals surface area contributed by atoms with E-state index in [1.165, 1.54) is 10.9 Å². The molecule has 1 aromatic carbocycles. The van der Waals surface area contributed by atoms with Crippen molar-refractivity contribution in [2.24, 2.45) is 0 Å². The average Bonchev–Trinajstić information content (AvgIpc) is 2.62. The van der Waals surface area contributed by atoms with Gasteiger partial charge in [0.05, 0.1) is 6.26 Å². The monoisotopic (exact) mass is 189 g/mol. The number of nitrogens with zero attached hydrogens (tertiary/aromatic N) is 1. The zero-order valence-corrected chi connectivity index (χ0v) is 8.66. The van der Waals surface area contributed by atoms with E-state index in [1.807, 2.05) is 24.5 Å². The van der Waals surface area contributed by atoms with Gasteiger partial charge in [-0.1, -0.05) is 25.1 Å². The van der Waals surface area contributed by atoms with Crippen LogP contribution in [0.2, 0.25) is 0 Å². The van der Waals surface area contributed by atoms with Crippen LogP contribution in [0.4, 0.5) is 0 Å². The maximum Gasteiger partial charge on any atom is 0.134 e. The van der Waals surface area contributed by atoms with E-state index in [0.29, 0.717) is 0 Å². The second-order valence-electron chi connectivity index (χ2n) is 3.59. The van der Waals surface area contributed by atoms with Crippen molar-refractivity contribution in [1.82, 2.24) is 4.90 Å². The van der Waals surface area contributed by atoms with Gasteiger partial charge >= 0.3 is 0 Å². The molecule has 2 nitrogen and oxygen atoms in total. The third-order valence-corrected chi connectivity index (χ3v) is 2.54. The zero-order valence-electron chi connectivity index (χ0n) is 8.66. The predicted octanol–water partition coefficient (Wildman–Crippen LogP) is 2.88. The topological polar surface area (TPSA) is 16.4 Å². The fourth-order valence-electron chi connectivity index (χ4n) is 1.56. The first-order valence-electron chi connectivity index (χ1n) is 4.95. The van der Waals surface area contributed by atoms with Crippen molar-refractivity contribution in [2.75, 3.05) is 13.6 Å². The van der Waals surface area contributed by atoms with Gasteiger partial charge in [0.1, 0.15) is 5.58 Å². The Balaban J connectivity index is 2.33. The van der Waals surface area contributed by atoms with Gasteiger partial charge in [0.15, 0.2) is 0 Å². The summed E-state index contributed by atoms with van der Waals surface area (Å²) in [5.41, 5.74) is 2.25. The van der Waals surface area contributed by atoms with E-state index in [2.05, 4.69) is 24.9 Å². The normalized spacial score (nSPS) is 11.4. The Morgan fingerprint density at radius 1 is 1.29 bits per heavy atom. The van der Waals surface area contributed by atoms with Crippen LogP contribution in [0, 0.1) is 0 Å². The zero-order chi connectivity index (χ0) is 9.97. The first-order chi connectivity index (χ1) is 6.81. The van der Waals surface area contributed by atoms with E-state index < -0.39 is 0 Å². The Hall–Kier alpha value is -1.28. The van der Waals surface area contributed by atoms with E-state index in [4.69, 9.17) is 4.42 Å². The minimum absolute atomic E-state index is 0.952. The molecule has 0 aliphatic carbocycles. The van der Waals surface area contributed by atoms with Crippen molar-refractivity contribution >= 4 is 11.0 Å². The third kappa shape index (κ3) is 1.66. The summed E-state index contributed by atoms with van der Waals surface area (Å²) in [6, 6.07) is 8.16. The van der Waals surface area contributed by atoms with Crippen LogP contribution < -0.4 is 0 Å². The summed E-state index contributed by atoms with van der Waals surface area (Å²) in [6.45, 7) is 4.16. The van der Waals surface area contributed by atoms with Crippen molar-refractivity contribution < 1.29 is 4.42 Å². The second-order valence-corrected chi connectivity index (χ2v) is 3.59. The molecule has 2 rings (SSSR count). The number of para-hydroxylation sites is 1. The van der Waals surface area contributed by atoms with Gasteiger partial charge in [0, 0.05) is 17.5 Å². The highest BCUT2D eigenvalue weighted by Gasteiger charge is 2.05. The molecule has 0 fully saturated rings. The molecule has 2 heteroatoms. The standard InChI is InChI=1S/C12H15NO/c1-3-13(2)8-10-9-14-12-7-5-4-6-11(10)12/h4-7,9H,3,8H2,1-2H3. The molecule has 0 saturated carbocycles. The summed E-state index contributed by atoms with van der Waals surface area (Å²) >= 11 is 0. The molecule has 0 unspecified atom stereocenters. The van der Waals surface area contributed by atoms with E-state index in [0.717, 1.165) is 18.7 Å². The van der Waals surface area contributed by atoms with Gasteiger partial charge in [-0.05, 0) is 19.7 Å². The van der Waals surface area contributed by atoms with Gasteiger partial charge in [-0.25, -0.2) is 0 Å². The minimum Gasteiger partial charge on any atom is -0.464 e. The van der Waals surface area contributed by atoms with Gasteiger partial charge in [0.2, 0.25) is 0 Å². The molecule has 1 aromatic heterocycles. The molecule has 0 atom stereocenters. The second kappa shape index (κ2) is 3.84. The van der Waals surface area contributed by atoms with Crippen molar-refractivity contribution in [3.8, 4) is 0 Å². The smallest absolute Gasteiger partial charge is 0.134 e. The Labute approximate surface area is 84.1 Å². The first kappa shape index (κ1) is 9.28. The van der Waals surface area contributed by atoms with Crippen LogP contribution in [0.15, 0.2) is 34.9 Å². The van der Waals surface area contributed by atoms with E-state index >= 15 is 0 Å². The molecule has 0 aliphatic heterocycles. The summed E-state index contributed by atoms with van der Waals surface area (Å²) in [4.78, 5) is 2.26. The lowest BCUT2D eigenvalue weighted by molar-refractivity contribution is 0.345. The van der Waals surface area contributed by atoms with Crippen molar-refractivity contribution in [1.29, 1.82) is 0 Å². The van der Waals surface area contributed by atoms with Crippen molar-refractivity contribution in [3.63, 3.8) is 0 Å².